The molecule has 0 bridgehead atoms. The zero-order chi connectivity index (χ0) is 17.0. The first-order valence-electron chi connectivity index (χ1n) is 7.77. The summed E-state index contributed by atoms with van der Waals surface area (Å²) in [6.07, 6.45) is 3.80. The van der Waals surface area contributed by atoms with Crippen molar-refractivity contribution in [3.05, 3.63) is 16.0 Å². The first-order chi connectivity index (χ1) is 10.9. The van der Waals surface area contributed by atoms with E-state index in [1.54, 1.807) is 0 Å². The Morgan fingerprint density at radius 3 is 2.57 bits per heavy atom. The summed E-state index contributed by atoms with van der Waals surface area (Å²) in [6.45, 7) is 4.76. The number of esters is 1. The van der Waals surface area contributed by atoms with E-state index in [1.165, 1.54) is 18.3 Å². The molecule has 1 aromatic rings. The molecule has 0 atom stereocenters. The minimum absolute atomic E-state index is 0.00921. The predicted molar refractivity (Wildman–Crippen MR) is 88.8 cm³/mol. The SMILES string of the molecule is CC(=O)Nc1sc2c(c1C(=O)OCC(=O)NC(C)C)CCCC2. The maximum absolute atomic E-state index is 12.4. The van der Waals surface area contributed by atoms with Gasteiger partial charge in [0.05, 0.1) is 5.56 Å². The van der Waals surface area contributed by atoms with Gasteiger partial charge in [-0.25, -0.2) is 4.79 Å². The van der Waals surface area contributed by atoms with Crippen molar-refractivity contribution in [1.82, 2.24) is 5.32 Å². The van der Waals surface area contributed by atoms with Gasteiger partial charge in [-0.05, 0) is 45.1 Å². The fourth-order valence-corrected chi connectivity index (χ4v) is 3.92. The Labute approximate surface area is 139 Å². The molecule has 1 heterocycles. The first-order valence-corrected chi connectivity index (χ1v) is 8.58. The second-order valence-electron chi connectivity index (χ2n) is 5.89. The Bertz CT molecular complexity index is 622. The molecule has 6 nitrogen and oxygen atoms in total. The quantitative estimate of drug-likeness (QED) is 0.807. The maximum Gasteiger partial charge on any atom is 0.341 e. The van der Waals surface area contributed by atoms with Crippen LogP contribution >= 0.6 is 11.3 Å². The van der Waals surface area contributed by atoms with Crippen molar-refractivity contribution in [2.24, 2.45) is 0 Å². The summed E-state index contributed by atoms with van der Waals surface area (Å²) < 4.78 is 5.14. The molecule has 2 rings (SSSR count). The summed E-state index contributed by atoms with van der Waals surface area (Å²) in [6, 6.07) is -0.00921. The van der Waals surface area contributed by atoms with Gasteiger partial charge in [0.1, 0.15) is 5.00 Å². The van der Waals surface area contributed by atoms with Gasteiger partial charge in [-0.3, -0.25) is 9.59 Å². The molecule has 1 aliphatic rings. The number of amides is 2. The Morgan fingerprint density at radius 2 is 1.91 bits per heavy atom. The molecule has 23 heavy (non-hydrogen) atoms. The van der Waals surface area contributed by atoms with Gasteiger partial charge in [-0.2, -0.15) is 0 Å². The molecule has 0 spiro atoms. The maximum atomic E-state index is 12.4. The molecule has 0 saturated heterocycles. The lowest BCUT2D eigenvalue weighted by Gasteiger charge is -2.13. The monoisotopic (exact) mass is 338 g/mol. The Morgan fingerprint density at radius 1 is 1.22 bits per heavy atom. The standard InChI is InChI=1S/C16H22N2O4S/c1-9(2)17-13(20)8-22-16(21)14-11-6-4-5-7-12(11)23-15(14)18-10(3)19/h9H,4-8H2,1-3H3,(H,17,20)(H,18,19). The summed E-state index contributed by atoms with van der Waals surface area (Å²) in [5.41, 5.74) is 1.37. The van der Waals surface area contributed by atoms with Crippen LogP contribution in [0.1, 0.15) is 54.4 Å². The van der Waals surface area contributed by atoms with Crippen LogP contribution in [0.15, 0.2) is 0 Å². The number of nitrogens with one attached hydrogen (secondary N) is 2. The van der Waals surface area contributed by atoms with Gasteiger partial charge in [0.15, 0.2) is 6.61 Å². The van der Waals surface area contributed by atoms with Crippen LogP contribution in [0.5, 0.6) is 0 Å². The lowest BCUT2D eigenvalue weighted by Crippen LogP contribution is -2.34. The van der Waals surface area contributed by atoms with Crippen LogP contribution in [-0.2, 0) is 27.2 Å². The average molecular weight is 338 g/mol. The number of ether oxygens (including phenoxy) is 1. The summed E-state index contributed by atoms with van der Waals surface area (Å²) in [7, 11) is 0. The molecule has 0 unspecified atom stereocenters. The molecule has 126 valence electrons. The molecule has 0 saturated carbocycles. The first kappa shape index (κ1) is 17.5. The van der Waals surface area contributed by atoms with Gasteiger partial charge in [-0.15, -0.1) is 11.3 Å². The molecule has 2 amide bonds. The number of carbonyl (C=O) groups is 3. The Balaban J connectivity index is 2.16. The number of hydrogen-bond acceptors (Lipinski definition) is 5. The van der Waals surface area contributed by atoms with Gasteiger partial charge in [0.2, 0.25) is 5.91 Å². The van der Waals surface area contributed by atoms with Crippen LogP contribution < -0.4 is 10.6 Å². The van der Waals surface area contributed by atoms with E-state index in [4.69, 9.17) is 4.74 Å². The number of carbonyl (C=O) groups excluding carboxylic acids is 3. The smallest absolute Gasteiger partial charge is 0.341 e. The Kier molecular flexibility index (Phi) is 5.76. The van der Waals surface area contributed by atoms with E-state index < -0.39 is 5.97 Å². The molecule has 1 aromatic heterocycles. The molecule has 1 aliphatic carbocycles. The van der Waals surface area contributed by atoms with Crippen LogP contribution in [0.25, 0.3) is 0 Å². The number of hydrogen-bond donors (Lipinski definition) is 2. The fraction of sp³-hybridized carbons (Fsp3) is 0.562. The number of thiophene rings is 1. The van der Waals surface area contributed by atoms with E-state index >= 15 is 0 Å². The molecule has 7 heteroatoms. The average Bonchev–Trinajstić information content (AvgIpc) is 2.81. The van der Waals surface area contributed by atoms with Crippen molar-refractivity contribution in [3.63, 3.8) is 0 Å². The van der Waals surface area contributed by atoms with E-state index in [-0.39, 0.29) is 24.5 Å². The summed E-state index contributed by atoms with van der Waals surface area (Å²) in [4.78, 5) is 36.5. The third kappa shape index (κ3) is 4.54. The lowest BCUT2D eigenvalue weighted by atomic mass is 9.95. The van der Waals surface area contributed by atoms with Crippen molar-refractivity contribution in [2.45, 2.75) is 52.5 Å². The summed E-state index contributed by atoms with van der Waals surface area (Å²) in [5.74, 6) is -1.11. The summed E-state index contributed by atoms with van der Waals surface area (Å²) in [5, 5.41) is 5.91. The topological polar surface area (TPSA) is 84.5 Å². The van der Waals surface area contributed by atoms with Crippen LogP contribution in [0, 0.1) is 0 Å². The van der Waals surface area contributed by atoms with E-state index in [1.807, 2.05) is 13.8 Å². The van der Waals surface area contributed by atoms with Crippen LogP contribution in [0.2, 0.25) is 0 Å². The zero-order valence-electron chi connectivity index (χ0n) is 13.7. The Hall–Kier alpha value is -1.89. The molecular formula is C16H22N2O4S. The molecular weight excluding hydrogens is 316 g/mol. The number of fused-ring (bicyclic) bond motifs is 1. The van der Waals surface area contributed by atoms with E-state index in [0.29, 0.717) is 10.6 Å². The van der Waals surface area contributed by atoms with Gasteiger partial charge in [0.25, 0.3) is 5.91 Å². The van der Waals surface area contributed by atoms with Crippen molar-refractivity contribution < 1.29 is 19.1 Å². The van der Waals surface area contributed by atoms with Crippen molar-refractivity contribution in [1.29, 1.82) is 0 Å². The second kappa shape index (κ2) is 7.59. The number of anilines is 1. The van der Waals surface area contributed by atoms with Gasteiger partial charge >= 0.3 is 5.97 Å². The zero-order valence-corrected chi connectivity index (χ0v) is 14.5. The van der Waals surface area contributed by atoms with Crippen molar-refractivity contribution in [2.75, 3.05) is 11.9 Å². The van der Waals surface area contributed by atoms with Crippen LogP contribution in [-0.4, -0.2) is 30.4 Å². The van der Waals surface area contributed by atoms with Gasteiger partial charge in [-0.1, -0.05) is 0 Å². The summed E-state index contributed by atoms with van der Waals surface area (Å²) >= 11 is 1.43. The highest BCUT2D eigenvalue weighted by Crippen LogP contribution is 2.38. The number of aryl methyl sites for hydroxylation is 1. The highest BCUT2D eigenvalue weighted by atomic mass is 32.1. The number of rotatable bonds is 5. The molecule has 2 N–H and O–H groups in total. The minimum atomic E-state index is -0.549. The van der Waals surface area contributed by atoms with E-state index in [9.17, 15) is 14.4 Å². The molecule has 0 aromatic carbocycles. The third-order valence-corrected chi connectivity index (χ3v) is 4.66. The highest BCUT2D eigenvalue weighted by molar-refractivity contribution is 7.17. The lowest BCUT2D eigenvalue weighted by molar-refractivity contribution is -0.124. The van der Waals surface area contributed by atoms with Gasteiger partial charge in [0, 0.05) is 17.8 Å². The van der Waals surface area contributed by atoms with Crippen molar-refractivity contribution >= 4 is 34.1 Å². The largest absolute Gasteiger partial charge is 0.452 e. The normalized spacial score (nSPS) is 13.4. The minimum Gasteiger partial charge on any atom is -0.452 e. The van der Waals surface area contributed by atoms with E-state index in [0.717, 1.165) is 36.1 Å². The van der Waals surface area contributed by atoms with Crippen LogP contribution in [0.4, 0.5) is 5.00 Å². The van der Waals surface area contributed by atoms with Crippen LogP contribution in [0.3, 0.4) is 0 Å². The highest BCUT2D eigenvalue weighted by Gasteiger charge is 2.27. The molecule has 0 radical (unpaired) electrons. The molecule has 0 aliphatic heterocycles. The second-order valence-corrected chi connectivity index (χ2v) is 7.00. The van der Waals surface area contributed by atoms with Crippen molar-refractivity contribution in [3.8, 4) is 0 Å². The molecule has 0 fully saturated rings. The predicted octanol–water partition coefficient (Wildman–Crippen LogP) is 2.27. The third-order valence-electron chi connectivity index (χ3n) is 3.45. The van der Waals surface area contributed by atoms with E-state index in [2.05, 4.69) is 10.6 Å². The van der Waals surface area contributed by atoms with Gasteiger partial charge < -0.3 is 15.4 Å². The fourth-order valence-electron chi connectivity index (χ4n) is 2.60.